The second kappa shape index (κ2) is 6.01. The van der Waals surface area contributed by atoms with Crippen LogP contribution < -0.4 is 0 Å². The van der Waals surface area contributed by atoms with Crippen LogP contribution in [0, 0.1) is 5.92 Å². The number of nitrogens with zero attached hydrogens (tertiary/aromatic N) is 3. The van der Waals surface area contributed by atoms with Crippen LogP contribution in [-0.4, -0.2) is 71.8 Å². The van der Waals surface area contributed by atoms with Gasteiger partial charge in [0.1, 0.15) is 0 Å². The number of hydrogen-bond acceptors (Lipinski definition) is 4. The third-order valence-electron chi connectivity index (χ3n) is 5.11. The van der Waals surface area contributed by atoms with Crippen molar-refractivity contribution in [1.29, 1.82) is 0 Å². The lowest BCUT2D eigenvalue weighted by molar-refractivity contribution is 0.0630. The molecular weight excluding hydrogens is 280 g/mol. The van der Waals surface area contributed by atoms with E-state index in [0.29, 0.717) is 6.61 Å². The molecule has 22 heavy (non-hydrogen) atoms. The zero-order valence-electron chi connectivity index (χ0n) is 13.0. The number of hydrogen-bond donors (Lipinski definition) is 1. The van der Waals surface area contributed by atoms with Crippen LogP contribution >= 0.6 is 0 Å². The Morgan fingerprint density at radius 1 is 1.27 bits per heavy atom. The summed E-state index contributed by atoms with van der Waals surface area (Å²) in [5.41, 5.74) is 1.70. The first-order valence-electron chi connectivity index (χ1n) is 8.44. The fourth-order valence-electron chi connectivity index (χ4n) is 3.51. The minimum absolute atomic E-state index is 0.127. The maximum absolute atomic E-state index is 12.8. The molecule has 1 atom stereocenters. The van der Waals surface area contributed by atoms with E-state index in [2.05, 4.69) is 15.1 Å². The van der Waals surface area contributed by atoms with E-state index in [1.807, 2.05) is 4.90 Å². The number of rotatable bonds is 4. The van der Waals surface area contributed by atoms with Gasteiger partial charge in [0, 0.05) is 45.2 Å². The molecule has 1 aromatic heterocycles. The van der Waals surface area contributed by atoms with Crippen molar-refractivity contribution in [3.63, 3.8) is 0 Å². The van der Waals surface area contributed by atoms with E-state index in [9.17, 15) is 4.79 Å². The van der Waals surface area contributed by atoms with Crippen LogP contribution in [0.15, 0.2) is 6.20 Å². The first kappa shape index (κ1) is 14.2. The minimum Gasteiger partial charge on any atom is -0.381 e. The normalized spacial score (nSPS) is 26.5. The third kappa shape index (κ3) is 2.90. The second-order valence-electron chi connectivity index (χ2n) is 6.79. The summed E-state index contributed by atoms with van der Waals surface area (Å²) < 4.78 is 5.44. The molecule has 0 bridgehead atoms. The Balaban J connectivity index is 1.38. The van der Waals surface area contributed by atoms with Crippen molar-refractivity contribution in [2.45, 2.75) is 25.2 Å². The zero-order valence-corrected chi connectivity index (χ0v) is 13.0. The number of aromatic nitrogens is 2. The van der Waals surface area contributed by atoms with Gasteiger partial charge in [0.15, 0.2) is 0 Å². The van der Waals surface area contributed by atoms with Crippen LogP contribution in [-0.2, 0) is 4.74 Å². The molecule has 3 fully saturated rings. The van der Waals surface area contributed by atoms with Crippen molar-refractivity contribution in [2.24, 2.45) is 5.92 Å². The molecule has 120 valence electrons. The SMILES string of the molecule is O=C(c1cn[nH]c1[C@H]1CCOC1)N1CCN(CC2CC2)CC1. The number of carbonyl (C=O) groups excluding carboxylic acids is 1. The van der Waals surface area contributed by atoms with Crippen LogP contribution in [0.3, 0.4) is 0 Å². The lowest BCUT2D eigenvalue weighted by Crippen LogP contribution is -2.49. The van der Waals surface area contributed by atoms with Crippen LogP contribution in [0.5, 0.6) is 0 Å². The number of piperazine rings is 1. The van der Waals surface area contributed by atoms with Gasteiger partial charge in [-0.3, -0.25) is 14.8 Å². The molecule has 4 rings (SSSR count). The minimum atomic E-state index is 0.127. The highest BCUT2D eigenvalue weighted by molar-refractivity contribution is 5.95. The molecule has 1 N–H and O–H groups in total. The Kier molecular flexibility index (Phi) is 3.88. The highest BCUT2D eigenvalue weighted by atomic mass is 16.5. The fraction of sp³-hybridized carbons (Fsp3) is 0.750. The van der Waals surface area contributed by atoms with Gasteiger partial charge < -0.3 is 9.64 Å². The lowest BCUT2D eigenvalue weighted by atomic mass is 10.0. The molecule has 3 heterocycles. The standard InChI is InChI=1S/C16H24N4O2/c21-16(14-9-17-18-15(14)13-3-8-22-11-13)20-6-4-19(5-7-20)10-12-1-2-12/h9,12-13H,1-8,10-11H2,(H,17,18)/t13-/m0/s1. The predicted octanol–water partition coefficient (Wildman–Crippen LogP) is 1.08. The molecule has 1 aliphatic carbocycles. The average Bonchev–Trinajstić information content (AvgIpc) is 3.05. The van der Waals surface area contributed by atoms with Gasteiger partial charge in [-0.05, 0) is 25.2 Å². The van der Waals surface area contributed by atoms with Crippen molar-refractivity contribution in [3.05, 3.63) is 17.5 Å². The quantitative estimate of drug-likeness (QED) is 0.904. The zero-order chi connectivity index (χ0) is 14.9. The van der Waals surface area contributed by atoms with E-state index in [4.69, 9.17) is 4.74 Å². The van der Waals surface area contributed by atoms with E-state index in [1.165, 1.54) is 19.4 Å². The summed E-state index contributed by atoms with van der Waals surface area (Å²) in [5.74, 6) is 1.34. The molecule has 1 aromatic rings. The van der Waals surface area contributed by atoms with Gasteiger partial charge in [0.2, 0.25) is 0 Å². The van der Waals surface area contributed by atoms with Gasteiger partial charge in [-0.1, -0.05) is 0 Å². The molecule has 2 aliphatic heterocycles. The van der Waals surface area contributed by atoms with E-state index in [0.717, 1.165) is 56.4 Å². The maximum Gasteiger partial charge on any atom is 0.257 e. The first-order chi connectivity index (χ1) is 10.8. The molecule has 3 aliphatic rings. The maximum atomic E-state index is 12.8. The number of ether oxygens (including phenoxy) is 1. The Morgan fingerprint density at radius 2 is 2.09 bits per heavy atom. The molecule has 6 heteroatoms. The topological polar surface area (TPSA) is 61.5 Å². The largest absolute Gasteiger partial charge is 0.381 e. The Morgan fingerprint density at radius 3 is 2.77 bits per heavy atom. The predicted molar refractivity (Wildman–Crippen MR) is 81.8 cm³/mol. The molecule has 0 radical (unpaired) electrons. The van der Waals surface area contributed by atoms with Gasteiger partial charge >= 0.3 is 0 Å². The van der Waals surface area contributed by atoms with Crippen molar-refractivity contribution < 1.29 is 9.53 Å². The van der Waals surface area contributed by atoms with Gasteiger partial charge in [-0.25, -0.2) is 0 Å². The summed E-state index contributed by atoms with van der Waals surface area (Å²) in [6, 6.07) is 0. The molecule has 0 unspecified atom stereocenters. The van der Waals surface area contributed by atoms with E-state index >= 15 is 0 Å². The van der Waals surface area contributed by atoms with Crippen LogP contribution in [0.25, 0.3) is 0 Å². The summed E-state index contributed by atoms with van der Waals surface area (Å²) in [6.45, 7) is 6.35. The van der Waals surface area contributed by atoms with Crippen molar-refractivity contribution in [3.8, 4) is 0 Å². The lowest BCUT2D eigenvalue weighted by Gasteiger charge is -2.34. The highest BCUT2D eigenvalue weighted by Crippen LogP contribution is 2.30. The number of nitrogens with one attached hydrogen (secondary N) is 1. The number of amides is 1. The monoisotopic (exact) mass is 304 g/mol. The first-order valence-corrected chi connectivity index (χ1v) is 8.44. The third-order valence-corrected chi connectivity index (χ3v) is 5.11. The smallest absolute Gasteiger partial charge is 0.257 e. The Bertz CT molecular complexity index is 526. The van der Waals surface area contributed by atoms with E-state index < -0.39 is 0 Å². The van der Waals surface area contributed by atoms with Crippen molar-refractivity contribution in [2.75, 3.05) is 45.9 Å². The summed E-state index contributed by atoms with van der Waals surface area (Å²) in [5, 5.41) is 7.13. The molecule has 1 saturated carbocycles. The average molecular weight is 304 g/mol. The Labute approximate surface area is 130 Å². The van der Waals surface area contributed by atoms with Crippen molar-refractivity contribution in [1.82, 2.24) is 20.0 Å². The van der Waals surface area contributed by atoms with Crippen LogP contribution in [0.4, 0.5) is 0 Å². The molecule has 6 nitrogen and oxygen atoms in total. The molecule has 0 aromatic carbocycles. The summed E-state index contributed by atoms with van der Waals surface area (Å²) in [6.07, 6.45) is 5.44. The Hall–Kier alpha value is -1.40. The molecule has 1 amide bonds. The fourth-order valence-corrected chi connectivity index (χ4v) is 3.51. The second-order valence-corrected chi connectivity index (χ2v) is 6.79. The van der Waals surface area contributed by atoms with Crippen LogP contribution in [0.2, 0.25) is 0 Å². The van der Waals surface area contributed by atoms with Gasteiger partial charge in [-0.2, -0.15) is 5.10 Å². The highest BCUT2D eigenvalue weighted by Gasteiger charge is 2.31. The van der Waals surface area contributed by atoms with Gasteiger partial charge in [-0.15, -0.1) is 0 Å². The summed E-state index contributed by atoms with van der Waals surface area (Å²) in [4.78, 5) is 17.3. The number of H-pyrrole nitrogens is 1. The molecular formula is C16H24N4O2. The van der Waals surface area contributed by atoms with Crippen LogP contribution in [0.1, 0.15) is 41.2 Å². The summed E-state index contributed by atoms with van der Waals surface area (Å²) in [7, 11) is 0. The van der Waals surface area contributed by atoms with Gasteiger partial charge in [0.05, 0.1) is 24.1 Å². The van der Waals surface area contributed by atoms with Crippen molar-refractivity contribution >= 4 is 5.91 Å². The van der Waals surface area contributed by atoms with E-state index in [1.54, 1.807) is 6.20 Å². The number of carbonyl (C=O) groups is 1. The molecule has 0 spiro atoms. The number of aromatic amines is 1. The summed E-state index contributed by atoms with van der Waals surface area (Å²) >= 11 is 0. The van der Waals surface area contributed by atoms with E-state index in [-0.39, 0.29) is 11.8 Å². The van der Waals surface area contributed by atoms with Gasteiger partial charge in [0.25, 0.3) is 5.91 Å². The molecule has 2 saturated heterocycles.